The Bertz CT molecular complexity index is 775. The van der Waals surface area contributed by atoms with Crippen LogP contribution in [-0.4, -0.2) is 25.3 Å². The summed E-state index contributed by atoms with van der Waals surface area (Å²) in [6.45, 7) is 8.17. The van der Waals surface area contributed by atoms with Crippen molar-refractivity contribution in [3.63, 3.8) is 0 Å². The largest absolute Gasteiger partial charge is 0.338 e. The summed E-state index contributed by atoms with van der Waals surface area (Å²) in [5, 5.41) is 11.9. The van der Waals surface area contributed by atoms with E-state index in [1.807, 2.05) is 37.3 Å². The third-order valence-corrected chi connectivity index (χ3v) is 4.20. The molecule has 0 spiro atoms. The normalized spacial score (nSPS) is 13.2. The lowest BCUT2D eigenvalue weighted by Crippen LogP contribution is -2.13. The average Bonchev–Trinajstić information content (AvgIpc) is 3.17. The summed E-state index contributed by atoms with van der Waals surface area (Å²) >= 11 is 1.49. The molecule has 1 N–H and O–H groups in total. The molecule has 3 aromatic rings. The van der Waals surface area contributed by atoms with Gasteiger partial charge in [0.25, 0.3) is 0 Å². The van der Waals surface area contributed by atoms with E-state index in [-0.39, 0.29) is 10.7 Å². The summed E-state index contributed by atoms with van der Waals surface area (Å²) in [7, 11) is 0. The zero-order valence-electron chi connectivity index (χ0n) is 13.6. The predicted octanol–water partition coefficient (Wildman–Crippen LogP) is 4.01. The minimum Gasteiger partial charge on any atom is -0.338 e. The average molecular weight is 329 g/mol. The Morgan fingerprint density at radius 2 is 1.87 bits per heavy atom. The first-order chi connectivity index (χ1) is 10.9. The molecule has 6 nitrogen and oxygen atoms in total. The molecule has 23 heavy (non-hydrogen) atoms. The zero-order chi connectivity index (χ0) is 16.4. The van der Waals surface area contributed by atoms with Gasteiger partial charge in [-0.15, -0.1) is 5.10 Å². The number of rotatable bonds is 4. The second-order valence-corrected chi connectivity index (χ2v) is 7.61. The fraction of sp³-hybridized carbons (Fsp3) is 0.375. The van der Waals surface area contributed by atoms with Gasteiger partial charge in [0.2, 0.25) is 11.0 Å². The lowest BCUT2D eigenvalue weighted by atomic mass is 9.96. The van der Waals surface area contributed by atoms with Gasteiger partial charge in [-0.25, -0.2) is 4.98 Å². The number of hydrogen-bond acceptors (Lipinski definition) is 6. The van der Waals surface area contributed by atoms with Crippen molar-refractivity contribution in [2.45, 2.75) is 43.5 Å². The number of nitrogens with one attached hydrogen (secondary N) is 1. The van der Waals surface area contributed by atoms with Crippen LogP contribution in [0.4, 0.5) is 0 Å². The Morgan fingerprint density at radius 3 is 2.52 bits per heavy atom. The number of thioether (sulfide) groups is 1. The molecule has 0 saturated heterocycles. The Morgan fingerprint density at radius 1 is 1.13 bits per heavy atom. The van der Waals surface area contributed by atoms with Crippen molar-refractivity contribution in [2.75, 3.05) is 0 Å². The number of nitrogens with zero attached hydrogens (tertiary/aromatic N) is 4. The van der Waals surface area contributed by atoms with E-state index in [9.17, 15) is 0 Å². The number of benzene rings is 1. The fourth-order valence-corrected chi connectivity index (χ4v) is 2.69. The molecule has 0 fully saturated rings. The van der Waals surface area contributed by atoms with Crippen LogP contribution < -0.4 is 0 Å². The number of H-pyrrole nitrogens is 1. The molecular formula is C16H19N5OS. The van der Waals surface area contributed by atoms with Crippen LogP contribution in [0.3, 0.4) is 0 Å². The van der Waals surface area contributed by atoms with E-state index in [4.69, 9.17) is 4.52 Å². The van der Waals surface area contributed by atoms with Gasteiger partial charge in [0.05, 0.1) is 5.25 Å². The summed E-state index contributed by atoms with van der Waals surface area (Å²) in [5.41, 5.74) is 0.879. The van der Waals surface area contributed by atoms with Crippen LogP contribution in [0, 0.1) is 0 Å². The van der Waals surface area contributed by atoms with Crippen LogP contribution in [0.1, 0.15) is 44.7 Å². The minimum atomic E-state index is -0.128. The highest BCUT2D eigenvalue weighted by molar-refractivity contribution is 7.99. The molecule has 0 radical (unpaired) electrons. The van der Waals surface area contributed by atoms with E-state index >= 15 is 0 Å². The lowest BCUT2D eigenvalue weighted by Gasteiger charge is -2.11. The smallest absolute Gasteiger partial charge is 0.239 e. The maximum Gasteiger partial charge on any atom is 0.239 e. The van der Waals surface area contributed by atoms with Crippen molar-refractivity contribution >= 4 is 11.8 Å². The van der Waals surface area contributed by atoms with Crippen molar-refractivity contribution in [1.29, 1.82) is 0 Å². The maximum atomic E-state index is 5.37. The third-order valence-electron chi connectivity index (χ3n) is 3.25. The van der Waals surface area contributed by atoms with Crippen molar-refractivity contribution in [1.82, 2.24) is 25.3 Å². The Balaban J connectivity index is 1.72. The Labute approximate surface area is 139 Å². The van der Waals surface area contributed by atoms with Crippen LogP contribution in [0.15, 0.2) is 40.0 Å². The van der Waals surface area contributed by atoms with Gasteiger partial charge in [-0.3, -0.25) is 5.10 Å². The summed E-state index contributed by atoms with van der Waals surface area (Å²) in [6, 6.07) is 9.90. The SMILES string of the molecule is C[C@@H](Sc1n[nH]c(-c2ccccc2)n1)c1nc(C(C)(C)C)no1. The molecule has 0 bridgehead atoms. The maximum absolute atomic E-state index is 5.37. The molecule has 3 rings (SSSR count). The van der Waals surface area contributed by atoms with Gasteiger partial charge in [-0.1, -0.05) is 68.0 Å². The van der Waals surface area contributed by atoms with Crippen LogP contribution in [0.2, 0.25) is 0 Å². The van der Waals surface area contributed by atoms with Gasteiger partial charge < -0.3 is 4.52 Å². The molecule has 0 unspecified atom stereocenters. The molecule has 2 heterocycles. The quantitative estimate of drug-likeness (QED) is 0.729. The van der Waals surface area contributed by atoms with Crippen LogP contribution >= 0.6 is 11.8 Å². The lowest BCUT2D eigenvalue weighted by molar-refractivity contribution is 0.364. The molecular weight excluding hydrogens is 310 g/mol. The van der Waals surface area contributed by atoms with E-state index in [2.05, 4.69) is 46.1 Å². The molecule has 1 atom stereocenters. The van der Waals surface area contributed by atoms with E-state index < -0.39 is 0 Å². The van der Waals surface area contributed by atoms with Crippen LogP contribution in [-0.2, 0) is 5.41 Å². The minimum absolute atomic E-state index is 0.0157. The Kier molecular flexibility index (Phi) is 4.21. The number of aromatic nitrogens is 5. The van der Waals surface area contributed by atoms with E-state index in [0.29, 0.717) is 16.9 Å². The van der Waals surface area contributed by atoms with Crippen LogP contribution in [0.25, 0.3) is 11.4 Å². The standard InChI is InChI=1S/C16H19N5OS/c1-10(13-18-14(21-22-13)16(2,3)4)23-15-17-12(19-20-15)11-8-6-5-7-9-11/h5-10H,1-4H3,(H,17,19,20)/t10-/m1/s1. The highest BCUT2D eigenvalue weighted by atomic mass is 32.2. The monoisotopic (exact) mass is 329 g/mol. The van der Waals surface area contributed by atoms with E-state index in [1.54, 1.807) is 0 Å². The van der Waals surface area contributed by atoms with E-state index in [0.717, 1.165) is 11.4 Å². The second kappa shape index (κ2) is 6.16. The van der Waals surface area contributed by atoms with Crippen molar-refractivity contribution in [3.05, 3.63) is 42.0 Å². The summed E-state index contributed by atoms with van der Waals surface area (Å²) in [4.78, 5) is 8.99. The topological polar surface area (TPSA) is 80.5 Å². The van der Waals surface area contributed by atoms with Gasteiger partial charge in [0.15, 0.2) is 11.6 Å². The fourth-order valence-electron chi connectivity index (χ4n) is 1.94. The second-order valence-electron chi connectivity index (χ2n) is 6.30. The predicted molar refractivity (Wildman–Crippen MR) is 89.1 cm³/mol. The Hall–Kier alpha value is -2.15. The third kappa shape index (κ3) is 3.61. The van der Waals surface area contributed by atoms with Gasteiger partial charge in [0.1, 0.15) is 0 Å². The molecule has 2 aromatic heterocycles. The van der Waals surface area contributed by atoms with Crippen molar-refractivity contribution < 1.29 is 4.52 Å². The van der Waals surface area contributed by atoms with Gasteiger partial charge in [-0.2, -0.15) is 4.98 Å². The highest BCUT2D eigenvalue weighted by Crippen LogP contribution is 2.33. The van der Waals surface area contributed by atoms with Crippen molar-refractivity contribution in [2.24, 2.45) is 0 Å². The summed E-state index contributed by atoms with van der Waals surface area (Å²) in [5.74, 6) is 2.05. The van der Waals surface area contributed by atoms with Gasteiger partial charge in [-0.05, 0) is 6.92 Å². The zero-order valence-corrected chi connectivity index (χ0v) is 14.4. The van der Waals surface area contributed by atoms with Gasteiger partial charge >= 0.3 is 0 Å². The van der Waals surface area contributed by atoms with Crippen LogP contribution in [0.5, 0.6) is 0 Å². The number of hydrogen-bond donors (Lipinski definition) is 1. The summed E-state index contributed by atoms with van der Waals surface area (Å²) in [6.07, 6.45) is 0. The molecule has 0 aliphatic carbocycles. The molecule has 0 amide bonds. The number of aromatic amines is 1. The molecule has 1 aromatic carbocycles. The molecule has 0 aliphatic rings. The molecule has 0 saturated carbocycles. The first kappa shape index (κ1) is 15.7. The molecule has 7 heteroatoms. The first-order valence-corrected chi connectivity index (χ1v) is 8.30. The first-order valence-electron chi connectivity index (χ1n) is 7.42. The highest BCUT2D eigenvalue weighted by Gasteiger charge is 2.24. The van der Waals surface area contributed by atoms with Crippen molar-refractivity contribution in [3.8, 4) is 11.4 Å². The molecule has 0 aliphatic heterocycles. The summed E-state index contributed by atoms with van der Waals surface area (Å²) < 4.78 is 5.37. The molecule has 120 valence electrons. The van der Waals surface area contributed by atoms with Gasteiger partial charge in [0, 0.05) is 11.0 Å². The van der Waals surface area contributed by atoms with E-state index in [1.165, 1.54) is 11.8 Å².